The quantitative estimate of drug-likeness (QED) is 0.647. The van der Waals surface area contributed by atoms with Crippen LogP contribution in [0.2, 0.25) is 0 Å². The number of rotatable bonds is 2. The molecule has 2 aromatic heterocycles. The Kier molecular flexibility index (Phi) is 2.33. The molecule has 2 nitrogen and oxygen atoms in total. The lowest BCUT2D eigenvalue weighted by Gasteiger charge is -2.05. The molecule has 0 atom stereocenters. The van der Waals surface area contributed by atoms with Crippen molar-refractivity contribution >= 4 is 5.52 Å². The van der Waals surface area contributed by atoms with Crippen molar-refractivity contribution in [2.45, 2.75) is 0 Å². The van der Waals surface area contributed by atoms with Gasteiger partial charge in [0.25, 0.3) is 0 Å². The molecule has 3 aromatic rings. The summed E-state index contributed by atoms with van der Waals surface area (Å²) in [6.45, 7) is 0. The Morgan fingerprint density at radius 3 is 2.65 bits per heavy atom. The second kappa shape index (κ2) is 3.98. The highest BCUT2D eigenvalue weighted by atomic mass is 16.5. The molecule has 1 aromatic carbocycles. The number of ether oxygens (including phenoxy) is 1. The van der Waals surface area contributed by atoms with Gasteiger partial charge < -0.3 is 9.14 Å². The van der Waals surface area contributed by atoms with Gasteiger partial charge in [-0.25, -0.2) is 0 Å². The minimum atomic E-state index is 0.906. The number of fused-ring (bicyclic) bond motifs is 1. The SMILES string of the molecule is COc1ccccc1-c1cc2ccccn2c1. The predicted molar refractivity (Wildman–Crippen MR) is 69.4 cm³/mol. The number of nitrogens with zero attached hydrogens (tertiary/aromatic N) is 1. The lowest BCUT2D eigenvalue weighted by atomic mass is 10.1. The first kappa shape index (κ1) is 9.97. The Bertz CT molecular complexity index is 622. The largest absolute Gasteiger partial charge is 0.496 e. The summed E-state index contributed by atoms with van der Waals surface area (Å²) in [7, 11) is 1.70. The summed E-state index contributed by atoms with van der Waals surface area (Å²) < 4.78 is 7.50. The van der Waals surface area contributed by atoms with Gasteiger partial charge in [-0.15, -0.1) is 0 Å². The van der Waals surface area contributed by atoms with Crippen molar-refractivity contribution in [1.82, 2.24) is 4.40 Å². The molecule has 0 aliphatic heterocycles. The van der Waals surface area contributed by atoms with E-state index in [1.54, 1.807) is 7.11 Å². The van der Waals surface area contributed by atoms with Crippen LogP contribution in [0.15, 0.2) is 60.9 Å². The summed E-state index contributed by atoms with van der Waals surface area (Å²) in [5, 5.41) is 0. The number of pyridine rings is 1. The fraction of sp³-hybridized carbons (Fsp3) is 0.0667. The number of hydrogen-bond acceptors (Lipinski definition) is 1. The molecule has 0 saturated carbocycles. The molecule has 0 saturated heterocycles. The van der Waals surface area contributed by atoms with Gasteiger partial charge in [-0.1, -0.05) is 24.3 Å². The summed E-state index contributed by atoms with van der Waals surface area (Å²) in [6, 6.07) is 16.4. The lowest BCUT2D eigenvalue weighted by Crippen LogP contribution is -1.85. The van der Waals surface area contributed by atoms with E-state index in [0.717, 1.165) is 11.3 Å². The van der Waals surface area contributed by atoms with E-state index < -0.39 is 0 Å². The van der Waals surface area contributed by atoms with E-state index in [0.29, 0.717) is 0 Å². The first-order chi connectivity index (χ1) is 8.38. The highest BCUT2D eigenvalue weighted by Gasteiger charge is 2.06. The summed E-state index contributed by atoms with van der Waals surface area (Å²) in [5.74, 6) is 0.906. The van der Waals surface area contributed by atoms with Crippen LogP contribution in [0.4, 0.5) is 0 Å². The number of para-hydroxylation sites is 1. The molecule has 2 heteroatoms. The zero-order chi connectivity index (χ0) is 11.7. The number of benzene rings is 1. The monoisotopic (exact) mass is 223 g/mol. The van der Waals surface area contributed by atoms with Crippen LogP contribution in [-0.2, 0) is 0 Å². The fourth-order valence-electron chi connectivity index (χ4n) is 2.09. The van der Waals surface area contributed by atoms with Gasteiger partial charge >= 0.3 is 0 Å². The van der Waals surface area contributed by atoms with E-state index in [1.807, 2.05) is 36.5 Å². The van der Waals surface area contributed by atoms with Crippen LogP contribution in [0.3, 0.4) is 0 Å². The molecule has 3 rings (SSSR count). The molecule has 17 heavy (non-hydrogen) atoms. The molecule has 0 spiro atoms. The second-order valence-corrected chi connectivity index (χ2v) is 3.96. The van der Waals surface area contributed by atoms with Crippen LogP contribution >= 0.6 is 0 Å². The van der Waals surface area contributed by atoms with Gasteiger partial charge in [-0.2, -0.15) is 0 Å². The standard InChI is InChI=1S/C15H13NO/c1-17-15-8-3-2-7-14(15)12-10-13-6-4-5-9-16(13)11-12/h2-11H,1H3. The van der Waals surface area contributed by atoms with Crippen LogP contribution in [0.25, 0.3) is 16.6 Å². The molecule has 0 aliphatic rings. The summed E-state index contributed by atoms with van der Waals surface area (Å²) in [5.41, 5.74) is 3.49. The molecule has 0 fully saturated rings. The fourth-order valence-corrected chi connectivity index (χ4v) is 2.09. The zero-order valence-electron chi connectivity index (χ0n) is 9.63. The Morgan fingerprint density at radius 2 is 1.82 bits per heavy atom. The van der Waals surface area contributed by atoms with Crippen molar-refractivity contribution < 1.29 is 4.74 Å². The Labute approximate surface area is 100 Å². The maximum Gasteiger partial charge on any atom is 0.126 e. The van der Waals surface area contributed by atoms with Crippen LogP contribution in [0.1, 0.15) is 0 Å². The van der Waals surface area contributed by atoms with Crippen molar-refractivity contribution in [2.24, 2.45) is 0 Å². The lowest BCUT2D eigenvalue weighted by molar-refractivity contribution is 0.416. The van der Waals surface area contributed by atoms with Crippen molar-refractivity contribution in [3.8, 4) is 16.9 Å². The maximum absolute atomic E-state index is 5.39. The zero-order valence-corrected chi connectivity index (χ0v) is 9.63. The predicted octanol–water partition coefficient (Wildman–Crippen LogP) is 3.61. The molecule has 0 radical (unpaired) electrons. The summed E-state index contributed by atoms with van der Waals surface area (Å²) in [4.78, 5) is 0. The third-order valence-electron chi connectivity index (χ3n) is 2.92. The van der Waals surface area contributed by atoms with Crippen molar-refractivity contribution in [3.05, 3.63) is 60.9 Å². The third-order valence-corrected chi connectivity index (χ3v) is 2.92. The van der Waals surface area contributed by atoms with Gasteiger partial charge in [0.05, 0.1) is 7.11 Å². The maximum atomic E-state index is 5.39. The van der Waals surface area contributed by atoms with Crippen LogP contribution in [0, 0.1) is 0 Å². The van der Waals surface area contributed by atoms with Crippen LogP contribution < -0.4 is 4.74 Å². The van der Waals surface area contributed by atoms with Crippen LogP contribution in [-0.4, -0.2) is 11.5 Å². The van der Waals surface area contributed by atoms with E-state index >= 15 is 0 Å². The normalized spacial score (nSPS) is 10.6. The molecule has 0 unspecified atom stereocenters. The Morgan fingerprint density at radius 1 is 1.00 bits per heavy atom. The van der Waals surface area contributed by atoms with E-state index in [9.17, 15) is 0 Å². The van der Waals surface area contributed by atoms with Crippen molar-refractivity contribution in [2.75, 3.05) is 7.11 Å². The van der Waals surface area contributed by atoms with Gasteiger partial charge in [0.1, 0.15) is 5.75 Å². The van der Waals surface area contributed by atoms with E-state index in [1.165, 1.54) is 11.1 Å². The molecular weight excluding hydrogens is 210 g/mol. The first-order valence-electron chi connectivity index (χ1n) is 5.58. The molecule has 84 valence electrons. The van der Waals surface area contributed by atoms with E-state index in [4.69, 9.17) is 4.74 Å². The molecular formula is C15H13NO. The highest BCUT2D eigenvalue weighted by molar-refractivity contribution is 5.74. The van der Waals surface area contributed by atoms with Gasteiger partial charge in [0, 0.05) is 29.0 Å². The van der Waals surface area contributed by atoms with Crippen LogP contribution in [0.5, 0.6) is 5.75 Å². The van der Waals surface area contributed by atoms with Gasteiger partial charge in [-0.3, -0.25) is 0 Å². The second-order valence-electron chi connectivity index (χ2n) is 3.96. The summed E-state index contributed by atoms with van der Waals surface area (Å²) in [6.07, 6.45) is 4.17. The average Bonchev–Trinajstić information content (AvgIpc) is 2.82. The number of methoxy groups -OCH3 is 1. The third kappa shape index (κ3) is 1.68. The van der Waals surface area contributed by atoms with Crippen molar-refractivity contribution in [3.63, 3.8) is 0 Å². The molecule has 0 aliphatic carbocycles. The van der Waals surface area contributed by atoms with Gasteiger partial charge in [0.2, 0.25) is 0 Å². The molecule has 0 bridgehead atoms. The average molecular weight is 223 g/mol. The number of aromatic nitrogens is 1. The minimum Gasteiger partial charge on any atom is -0.496 e. The molecule has 0 amide bonds. The van der Waals surface area contributed by atoms with E-state index in [-0.39, 0.29) is 0 Å². The van der Waals surface area contributed by atoms with E-state index in [2.05, 4.69) is 28.8 Å². The molecule has 2 heterocycles. The smallest absolute Gasteiger partial charge is 0.126 e. The number of hydrogen-bond donors (Lipinski definition) is 0. The summed E-state index contributed by atoms with van der Waals surface area (Å²) >= 11 is 0. The topological polar surface area (TPSA) is 13.6 Å². The van der Waals surface area contributed by atoms with Gasteiger partial charge in [-0.05, 0) is 24.3 Å². The van der Waals surface area contributed by atoms with Gasteiger partial charge in [0.15, 0.2) is 0 Å². The minimum absolute atomic E-state index is 0.906. The Hall–Kier alpha value is -2.22. The Balaban J connectivity index is 2.20. The van der Waals surface area contributed by atoms with Crippen molar-refractivity contribution in [1.29, 1.82) is 0 Å². The first-order valence-corrected chi connectivity index (χ1v) is 5.58. The molecule has 0 N–H and O–H groups in total. The highest BCUT2D eigenvalue weighted by Crippen LogP contribution is 2.30.